The Morgan fingerprint density at radius 3 is 1.91 bits per heavy atom. The van der Waals surface area contributed by atoms with E-state index in [1.807, 2.05) is 42.5 Å². The lowest BCUT2D eigenvalue weighted by Crippen LogP contribution is -2.21. The molecule has 0 unspecified atom stereocenters. The summed E-state index contributed by atoms with van der Waals surface area (Å²) in [7, 11) is -3.73. The van der Waals surface area contributed by atoms with Crippen LogP contribution in [-0.2, 0) is 22.7 Å². The van der Waals surface area contributed by atoms with Crippen molar-refractivity contribution in [2.75, 3.05) is 23.7 Å². The van der Waals surface area contributed by atoms with Gasteiger partial charge in [-0.05, 0) is 72.9 Å². The molecule has 0 heterocycles. The van der Waals surface area contributed by atoms with E-state index in [1.165, 1.54) is 11.3 Å². The summed E-state index contributed by atoms with van der Waals surface area (Å²) in [6.45, 7) is 6.28. The minimum atomic E-state index is -3.73. The first-order valence-corrected chi connectivity index (χ1v) is 13.7. The van der Waals surface area contributed by atoms with Crippen molar-refractivity contribution in [3.8, 4) is 0 Å². The maximum atomic E-state index is 13.0. The van der Waals surface area contributed by atoms with Gasteiger partial charge in [0.25, 0.3) is 0 Å². The lowest BCUT2D eigenvalue weighted by atomic mass is 10.0. The molecule has 0 saturated carbocycles. The monoisotopic (exact) mass is 485 g/mol. The van der Waals surface area contributed by atoms with Crippen LogP contribution in [0.25, 0.3) is 10.8 Å². The molecule has 0 bridgehead atoms. The van der Waals surface area contributed by atoms with E-state index in [0.29, 0.717) is 5.56 Å². The van der Waals surface area contributed by atoms with Crippen LogP contribution in [0.15, 0.2) is 95.9 Å². The Morgan fingerprint density at radius 1 is 0.714 bits per heavy atom. The van der Waals surface area contributed by atoms with E-state index in [0.717, 1.165) is 42.3 Å². The number of carbonyl (C=O) groups is 1. The molecule has 0 aromatic heterocycles. The second-order valence-corrected chi connectivity index (χ2v) is 10.7. The highest BCUT2D eigenvalue weighted by Crippen LogP contribution is 2.22. The summed E-state index contributed by atoms with van der Waals surface area (Å²) < 4.78 is 25.9. The maximum Gasteiger partial charge on any atom is 0.185 e. The lowest BCUT2D eigenvalue weighted by Gasteiger charge is -2.21. The van der Waals surface area contributed by atoms with Crippen LogP contribution >= 0.6 is 0 Å². The molecular formula is C30H31NO3S. The van der Waals surface area contributed by atoms with E-state index in [9.17, 15) is 13.2 Å². The van der Waals surface area contributed by atoms with Crippen LogP contribution in [-0.4, -0.2) is 33.0 Å². The van der Waals surface area contributed by atoms with E-state index < -0.39 is 15.6 Å². The summed E-state index contributed by atoms with van der Waals surface area (Å²) in [6, 6.07) is 28.5. The first kappa shape index (κ1) is 24.7. The van der Waals surface area contributed by atoms with Gasteiger partial charge in [0.05, 0.1) is 4.90 Å². The zero-order valence-corrected chi connectivity index (χ0v) is 21.1. The molecular weight excluding hydrogens is 454 g/mol. The molecule has 4 aromatic carbocycles. The Morgan fingerprint density at radius 2 is 1.29 bits per heavy atom. The predicted octanol–water partition coefficient (Wildman–Crippen LogP) is 6.13. The summed E-state index contributed by atoms with van der Waals surface area (Å²) in [6.07, 6.45) is 1.70. The zero-order valence-electron chi connectivity index (χ0n) is 20.3. The van der Waals surface area contributed by atoms with E-state index in [4.69, 9.17) is 0 Å². The number of fused-ring (bicyclic) bond motifs is 1. The van der Waals surface area contributed by atoms with Crippen molar-refractivity contribution >= 4 is 32.1 Å². The topological polar surface area (TPSA) is 54.5 Å². The molecule has 0 atom stereocenters. The lowest BCUT2D eigenvalue weighted by molar-refractivity contribution is 0.102. The molecule has 4 rings (SSSR count). The van der Waals surface area contributed by atoms with Crippen LogP contribution in [0.3, 0.4) is 0 Å². The predicted molar refractivity (Wildman–Crippen MR) is 144 cm³/mol. The van der Waals surface area contributed by atoms with E-state index in [-0.39, 0.29) is 10.7 Å². The minimum Gasteiger partial charge on any atom is -0.372 e. The standard InChI is InChI=1S/C30H31NO3S/c1-3-31(4-2)26-18-14-23(15-19-26)12-13-24-16-20-27(21-17-24)35(33,34)22-30(32)29-11-7-9-25-8-5-6-10-28(25)29/h5-11,14-21H,3-4,12-13,22H2,1-2H3. The number of nitrogens with zero attached hydrogens (tertiary/aromatic N) is 1. The van der Waals surface area contributed by atoms with Gasteiger partial charge in [0.15, 0.2) is 15.6 Å². The highest BCUT2D eigenvalue weighted by atomic mass is 32.2. The Bertz CT molecular complexity index is 1400. The van der Waals surface area contributed by atoms with Crippen molar-refractivity contribution < 1.29 is 13.2 Å². The number of rotatable bonds is 10. The van der Waals surface area contributed by atoms with Crippen molar-refractivity contribution in [2.24, 2.45) is 0 Å². The number of sulfone groups is 1. The Hall–Kier alpha value is -3.44. The second-order valence-electron chi connectivity index (χ2n) is 8.69. The summed E-state index contributed by atoms with van der Waals surface area (Å²) >= 11 is 0. The Kier molecular flexibility index (Phi) is 7.67. The van der Waals surface area contributed by atoms with E-state index in [1.54, 1.807) is 24.3 Å². The average Bonchev–Trinajstić information content (AvgIpc) is 2.88. The third-order valence-electron chi connectivity index (χ3n) is 6.46. The highest BCUT2D eigenvalue weighted by Gasteiger charge is 2.21. The number of ketones is 1. The fourth-order valence-electron chi connectivity index (χ4n) is 4.42. The normalized spacial score (nSPS) is 11.5. The van der Waals surface area contributed by atoms with Crippen LogP contribution in [0.5, 0.6) is 0 Å². The van der Waals surface area contributed by atoms with Gasteiger partial charge in [0.1, 0.15) is 5.75 Å². The molecule has 4 nitrogen and oxygen atoms in total. The smallest absolute Gasteiger partial charge is 0.185 e. The summed E-state index contributed by atoms with van der Waals surface area (Å²) in [5.41, 5.74) is 3.98. The molecule has 0 N–H and O–H groups in total. The van der Waals surface area contributed by atoms with Gasteiger partial charge in [-0.15, -0.1) is 0 Å². The molecule has 4 aromatic rings. The van der Waals surface area contributed by atoms with Crippen LogP contribution in [0, 0.1) is 0 Å². The van der Waals surface area contributed by atoms with Gasteiger partial charge >= 0.3 is 0 Å². The number of Topliss-reactive ketones (excluding diaryl/α,β-unsaturated/α-hetero) is 1. The molecule has 0 aliphatic carbocycles. The first-order valence-electron chi connectivity index (χ1n) is 12.1. The summed E-state index contributed by atoms with van der Waals surface area (Å²) in [5, 5.41) is 1.69. The van der Waals surface area contributed by atoms with Crippen molar-refractivity contribution in [3.05, 3.63) is 108 Å². The molecule has 0 aliphatic heterocycles. The van der Waals surface area contributed by atoms with Gasteiger partial charge in [-0.2, -0.15) is 0 Å². The van der Waals surface area contributed by atoms with Gasteiger partial charge in [0.2, 0.25) is 0 Å². The van der Waals surface area contributed by atoms with Crippen molar-refractivity contribution in [1.82, 2.24) is 0 Å². The number of hydrogen-bond acceptors (Lipinski definition) is 4. The van der Waals surface area contributed by atoms with Crippen LogP contribution < -0.4 is 4.90 Å². The molecule has 0 aliphatic rings. The van der Waals surface area contributed by atoms with Crippen molar-refractivity contribution in [1.29, 1.82) is 0 Å². The molecule has 0 radical (unpaired) electrons. The molecule has 0 spiro atoms. The fourth-order valence-corrected chi connectivity index (χ4v) is 5.63. The molecule has 0 saturated heterocycles. The quantitative estimate of drug-likeness (QED) is 0.254. The van der Waals surface area contributed by atoms with Gasteiger partial charge in [-0.25, -0.2) is 8.42 Å². The van der Waals surface area contributed by atoms with Gasteiger partial charge in [-0.3, -0.25) is 4.79 Å². The average molecular weight is 486 g/mol. The molecule has 180 valence electrons. The Labute approximate surface area is 208 Å². The van der Waals surface area contributed by atoms with E-state index in [2.05, 4.69) is 43.0 Å². The van der Waals surface area contributed by atoms with Gasteiger partial charge in [0, 0.05) is 24.3 Å². The SMILES string of the molecule is CCN(CC)c1ccc(CCc2ccc(S(=O)(=O)CC(=O)c3cccc4ccccc34)cc2)cc1. The van der Waals surface area contributed by atoms with E-state index >= 15 is 0 Å². The van der Waals surface area contributed by atoms with Crippen LogP contribution in [0.1, 0.15) is 35.3 Å². The highest BCUT2D eigenvalue weighted by molar-refractivity contribution is 7.92. The molecule has 0 fully saturated rings. The molecule has 0 amide bonds. The summed E-state index contributed by atoms with van der Waals surface area (Å²) in [5.74, 6) is -0.932. The summed E-state index contributed by atoms with van der Waals surface area (Å²) in [4.78, 5) is 15.4. The minimum absolute atomic E-state index is 0.179. The van der Waals surface area contributed by atoms with Crippen LogP contribution in [0.4, 0.5) is 5.69 Å². The fraction of sp³-hybridized carbons (Fsp3) is 0.233. The number of anilines is 1. The number of benzene rings is 4. The van der Waals surface area contributed by atoms with Crippen molar-refractivity contribution in [2.45, 2.75) is 31.6 Å². The number of carbonyl (C=O) groups excluding carboxylic acids is 1. The zero-order chi connectivity index (χ0) is 24.8. The maximum absolute atomic E-state index is 13.0. The Balaban J connectivity index is 1.41. The molecule has 35 heavy (non-hydrogen) atoms. The van der Waals surface area contributed by atoms with Gasteiger partial charge in [-0.1, -0.05) is 66.7 Å². The second kappa shape index (κ2) is 10.9. The van der Waals surface area contributed by atoms with Gasteiger partial charge < -0.3 is 4.90 Å². The molecule has 5 heteroatoms. The third-order valence-corrected chi connectivity index (χ3v) is 8.09. The van der Waals surface area contributed by atoms with Crippen LogP contribution in [0.2, 0.25) is 0 Å². The third kappa shape index (κ3) is 5.80. The number of hydrogen-bond donors (Lipinski definition) is 0. The largest absolute Gasteiger partial charge is 0.372 e. The number of aryl methyl sites for hydroxylation is 2. The van der Waals surface area contributed by atoms with Crippen molar-refractivity contribution in [3.63, 3.8) is 0 Å². The first-order chi connectivity index (χ1) is 16.9.